The normalized spacial score (nSPS) is 16.1. The molecule has 1 saturated heterocycles. The van der Waals surface area contributed by atoms with Crippen LogP contribution in [0.1, 0.15) is 23.6 Å². The van der Waals surface area contributed by atoms with Crippen LogP contribution in [0.25, 0.3) is 0 Å². The van der Waals surface area contributed by atoms with Gasteiger partial charge in [-0.05, 0) is 36.2 Å². The summed E-state index contributed by atoms with van der Waals surface area (Å²) >= 11 is 5.65. The number of carbonyl (C=O) groups excluding carboxylic acids is 1. The van der Waals surface area contributed by atoms with E-state index < -0.39 is 38.7 Å². The van der Waals surface area contributed by atoms with E-state index in [4.69, 9.17) is 16.3 Å². The van der Waals surface area contributed by atoms with Gasteiger partial charge in [0.2, 0.25) is 15.9 Å². The smallest absolute Gasteiger partial charge is 0.379 e. The summed E-state index contributed by atoms with van der Waals surface area (Å²) in [7, 11) is -4.09. The van der Waals surface area contributed by atoms with Gasteiger partial charge in [0.15, 0.2) is 0 Å². The lowest BCUT2D eigenvalue weighted by molar-refractivity contribution is -0.137. The first kappa shape index (κ1) is 27.3. The maximum Gasteiger partial charge on any atom is 0.417 e. The molecule has 1 N–H and O–H groups in total. The zero-order valence-electron chi connectivity index (χ0n) is 19.3. The number of carbonyl (C=O) groups is 1. The van der Waals surface area contributed by atoms with Crippen molar-refractivity contribution < 1.29 is 31.1 Å². The molecular formula is C23H27ClF3N3O4S. The molecule has 2 aromatic rings. The number of rotatable bonds is 8. The maximum absolute atomic E-state index is 13.3. The van der Waals surface area contributed by atoms with Crippen LogP contribution in [0.15, 0.2) is 42.5 Å². The third-order valence-corrected chi connectivity index (χ3v) is 7.17. The van der Waals surface area contributed by atoms with Crippen LogP contribution in [0, 0.1) is 0 Å². The highest BCUT2D eigenvalue weighted by atomic mass is 35.5. The fraction of sp³-hybridized carbons (Fsp3) is 0.435. The number of sulfonamides is 1. The van der Waals surface area contributed by atoms with Crippen molar-refractivity contribution in [3.63, 3.8) is 0 Å². The number of nitrogens with one attached hydrogen (secondary N) is 1. The first-order chi connectivity index (χ1) is 16.4. The van der Waals surface area contributed by atoms with Crippen molar-refractivity contribution in [2.24, 2.45) is 0 Å². The van der Waals surface area contributed by atoms with E-state index in [0.717, 1.165) is 49.1 Å². The average molecular weight is 534 g/mol. The number of nitrogens with zero attached hydrogens (tertiary/aromatic N) is 2. The van der Waals surface area contributed by atoms with Gasteiger partial charge in [0, 0.05) is 26.2 Å². The third-order valence-electron chi connectivity index (χ3n) is 5.60. The SMILES string of the molecule is C[C@H](C(=O)NCc1ccc(CN2CCOCC2)cc1)N(c1ccc(Cl)c(C(F)(F)F)c1)S(C)(=O)=O. The monoisotopic (exact) mass is 533 g/mol. The molecule has 35 heavy (non-hydrogen) atoms. The second-order valence-electron chi connectivity index (χ2n) is 8.32. The molecule has 0 unspecified atom stereocenters. The van der Waals surface area contributed by atoms with Crippen LogP contribution in [-0.4, -0.2) is 57.8 Å². The molecule has 192 valence electrons. The van der Waals surface area contributed by atoms with Gasteiger partial charge in [-0.15, -0.1) is 0 Å². The number of amides is 1. The summed E-state index contributed by atoms with van der Waals surface area (Å²) < 4.78 is 70.7. The molecule has 1 aliphatic rings. The number of hydrogen-bond acceptors (Lipinski definition) is 5. The van der Waals surface area contributed by atoms with Crippen LogP contribution in [0.5, 0.6) is 0 Å². The van der Waals surface area contributed by atoms with Crippen molar-refractivity contribution >= 4 is 33.2 Å². The highest BCUT2D eigenvalue weighted by Gasteiger charge is 2.36. The van der Waals surface area contributed by atoms with Crippen LogP contribution >= 0.6 is 11.6 Å². The Balaban J connectivity index is 1.68. The number of benzene rings is 2. The number of hydrogen-bond donors (Lipinski definition) is 1. The predicted molar refractivity (Wildman–Crippen MR) is 128 cm³/mol. The van der Waals surface area contributed by atoms with Gasteiger partial charge in [-0.3, -0.25) is 14.0 Å². The minimum Gasteiger partial charge on any atom is -0.379 e. The van der Waals surface area contributed by atoms with Gasteiger partial charge in [0.25, 0.3) is 0 Å². The maximum atomic E-state index is 13.3. The Morgan fingerprint density at radius 2 is 1.74 bits per heavy atom. The number of alkyl halides is 3. The Labute approximate surface area is 207 Å². The van der Waals surface area contributed by atoms with Gasteiger partial charge in [-0.2, -0.15) is 13.2 Å². The Hall–Kier alpha value is -2.34. The molecule has 0 spiro atoms. The van der Waals surface area contributed by atoms with Crippen LogP contribution in [0.3, 0.4) is 0 Å². The Morgan fingerprint density at radius 1 is 1.14 bits per heavy atom. The predicted octanol–water partition coefficient (Wildman–Crippen LogP) is 3.66. The summed E-state index contributed by atoms with van der Waals surface area (Å²) in [4.78, 5) is 15.1. The molecule has 7 nitrogen and oxygen atoms in total. The fourth-order valence-corrected chi connectivity index (χ4v) is 5.18. The molecule has 0 bridgehead atoms. The number of halogens is 4. The van der Waals surface area contributed by atoms with E-state index in [9.17, 15) is 26.4 Å². The molecule has 0 aliphatic carbocycles. The lowest BCUT2D eigenvalue weighted by atomic mass is 10.1. The van der Waals surface area contributed by atoms with Gasteiger partial charge in [0.1, 0.15) is 6.04 Å². The van der Waals surface area contributed by atoms with Gasteiger partial charge < -0.3 is 10.1 Å². The Bertz CT molecular complexity index is 1140. The summed E-state index contributed by atoms with van der Waals surface area (Å²) in [6.45, 7) is 5.38. The largest absolute Gasteiger partial charge is 0.417 e. The third kappa shape index (κ3) is 7.33. The molecule has 1 amide bonds. The van der Waals surface area contributed by atoms with E-state index in [-0.39, 0.29) is 12.2 Å². The van der Waals surface area contributed by atoms with Crippen molar-refractivity contribution in [3.8, 4) is 0 Å². The van der Waals surface area contributed by atoms with Crippen LogP contribution in [0.2, 0.25) is 5.02 Å². The minimum atomic E-state index is -4.78. The average Bonchev–Trinajstić information content (AvgIpc) is 2.78. The highest BCUT2D eigenvalue weighted by molar-refractivity contribution is 7.92. The first-order valence-corrected chi connectivity index (χ1v) is 13.1. The molecule has 1 heterocycles. The zero-order valence-corrected chi connectivity index (χ0v) is 20.9. The molecular weight excluding hydrogens is 507 g/mol. The van der Waals surface area contributed by atoms with Crippen molar-refractivity contribution in [2.45, 2.75) is 32.2 Å². The van der Waals surface area contributed by atoms with E-state index in [1.54, 1.807) is 0 Å². The topological polar surface area (TPSA) is 79.0 Å². The molecule has 0 aromatic heterocycles. The van der Waals surface area contributed by atoms with Crippen LogP contribution < -0.4 is 9.62 Å². The summed E-state index contributed by atoms with van der Waals surface area (Å²) in [5.74, 6) is -0.656. The summed E-state index contributed by atoms with van der Waals surface area (Å²) in [6.07, 6.45) is -3.96. The first-order valence-electron chi connectivity index (χ1n) is 10.9. The van der Waals surface area contributed by atoms with Crippen molar-refractivity contribution in [1.82, 2.24) is 10.2 Å². The zero-order chi connectivity index (χ0) is 25.8. The van der Waals surface area contributed by atoms with Gasteiger partial charge >= 0.3 is 6.18 Å². The van der Waals surface area contributed by atoms with Gasteiger partial charge in [0.05, 0.1) is 35.7 Å². The summed E-state index contributed by atoms with van der Waals surface area (Å²) in [6, 6.07) is 9.06. The minimum absolute atomic E-state index is 0.132. The second kappa shape index (κ2) is 11.2. The highest BCUT2D eigenvalue weighted by Crippen LogP contribution is 2.37. The Morgan fingerprint density at radius 3 is 2.31 bits per heavy atom. The standard InChI is InChI=1S/C23H27ClF3N3O4S/c1-16(30(35(2,32)33)19-7-8-21(24)20(13-19)23(25,26)27)22(31)28-14-17-3-5-18(6-4-17)15-29-9-11-34-12-10-29/h3-8,13,16H,9-12,14-15H2,1-2H3,(H,28,31)/t16-/m1/s1. The quantitative estimate of drug-likeness (QED) is 0.560. The number of morpholine rings is 1. The molecule has 1 aliphatic heterocycles. The van der Waals surface area contributed by atoms with Gasteiger partial charge in [-0.25, -0.2) is 8.42 Å². The van der Waals surface area contributed by atoms with Crippen molar-refractivity contribution in [1.29, 1.82) is 0 Å². The summed E-state index contributed by atoms with van der Waals surface area (Å²) in [5.41, 5.74) is 0.421. The van der Waals surface area contributed by atoms with Crippen molar-refractivity contribution in [2.75, 3.05) is 36.9 Å². The molecule has 3 rings (SSSR count). The second-order valence-corrected chi connectivity index (χ2v) is 10.6. The van der Waals surface area contributed by atoms with Crippen LogP contribution in [-0.2, 0) is 38.8 Å². The fourth-order valence-electron chi connectivity index (χ4n) is 3.79. The van der Waals surface area contributed by atoms with E-state index in [0.29, 0.717) is 23.6 Å². The van der Waals surface area contributed by atoms with Crippen LogP contribution in [0.4, 0.5) is 18.9 Å². The molecule has 0 radical (unpaired) electrons. The van der Waals surface area contributed by atoms with E-state index in [1.165, 1.54) is 6.92 Å². The number of anilines is 1. The number of ether oxygens (including phenoxy) is 1. The van der Waals surface area contributed by atoms with E-state index >= 15 is 0 Å². The molecule has 1 atom stereocenters. The van der Waals surface area contributed by atoms with E-state index in [1.807, 2.05) is 24.3 Å². The van der Waals surface area contributed by atoms with Gasteiger partial charge in [-0.1, -0.05) is 35.9 Å². The molecule has 1 fully saturated rings. The van der Waals surface area contributed by atoms with Crippen molar-refractivity contribution in [3.05, 3.63) is 64.2 Å². The van der Waals surface area contributed by atoms with E-state index in [2.05, 4.69) is 10.2 Å². The molecule has 12 heteroatoms. The summed E-state index contributed by atoms with van der Waals surface area (Å²) in [5, 5.41) is 2.09. The lowest BCUT2D eigenvalue weighted by Crippen LogP contribution is -2.47. The molecule has 0 saturated carbocycles. The Kier molecular flexibility index (Phi) is 8.68. The lowest BCUT2D eigenvalue weighted by Gasteiger charge is -2.29. The molecule has 2 aromatic carbocycles.